The van der Waals surface area contributed by atoms with Crippen LogP contribution in [0.25, 0.3) is 0 Å². The van der Waals surface area contributed by atoms with Crippen LogP contribution >= 0.6 is 0 Å². The summed E-state index contributed by atoms with van der Waals surface area (Å²) in [5, 5.41) is 11.8. The molecule has 0 aliphatic heterocycles. The zero-order valence-electron chi connectivity index (χ0n) is 13.8. The fraction of sp³-hybridized carbons (Fsp3) is 0.222. The number of nitrogens with zero attached hydrogens (tertiary/aromatic N) is 1. The van der Waals surface area contributed by atoms with Gasteiger partial charge in [-0.2, -0.15) is 0 Å². The molecule has 2 aromatic rings. The predicted octanol–water partition coefficient (Wildman–Crippen LogP) is 2.62. The van der Waals surface area contributed by atoms with Crippen molar-refractivity contribution in [2.24, 2.45) is 0 Å². The summed E-state index contributed by atoms with van der Waals surface area (Å²) in [7, 11) is 1.56. The fourth-order valence-corrected chi connectivity index (χ4v) is 2.27. The summed E-state index contributed by atoms with van der Waals surface area (Å²) in [6.07, 6.45) is 0. The number of phenolic OH excluding ortho intramolecular Hbond substituents is 1. The molecule has 1 atom stereocenters. The Morgan fingerprint density at radius 1 is 1.20 bits per heavy atom. The molecule has 7 heteroatoms. The molecule has 0 fully saturated rings. The minimum Gasteiger partial charge on any atom is -0.508 e. The normalized spacial score (nSPS) is 11.7. The van der Waals surface area contributed by atoms with E-state index in [2.05, 4.69) is 5.32 Å². The lowest BCUT2D eigenvalue weighted by molar-refractivity contribution is -0.130. The Morgan fingerprint density at radius 3 is 2.56 bits per heavy atom. The van der Waals surface area contributed by atoms with Gasteiger partial charge in [-0.1, -0.05) is 12.1 Å². The molecule has 0 unspecified atom stereocenters. The highest BCUT2D eigenvalue weighted by atomic mass is 19.1. The largest absolute Gasteiger partial charge is 0.508 e. The lowest BCUT2D eigenvalue weighted by atomic mass is 10.1. The fourth-order valence-electron chi connectivity index (χ4n) is 2.27. The Morgan fingerprint density at radius 2 is 1.92 bits per heavy atom. The maximum Gasteiger partial charge on any atom is 0.254 e. The van der Waals surface area contributed by atoms with Gasteiger partial charge >= 0.3 is 0 Å². The highest BCUT2D eigenvalue weighted by Crippen LogP contribution is 2.22. The Balaban J connectivity index is 1.98. The van der Waals surface area contributed by atoms with Crippen molar-refractivity contribution in [1.82, 2.24) is 10.2 Å². The molecule has 0 radical (unpaired) electrons. The van der Waals surface area contributed by atoms with Crippen LogP contribution in [0.5, 0.6) is 5.75 Å². The Kier molecular flexibility index (Phi) is 5.69. The van der Waals surface area contributed by atoms with E-state index in [4.69, 9.17) is 0 Å². The molecule has 2 N–H and O–H groups in total. The highest BCUT2D eigenvalue weighted by Gasteiger charge is 2.19. The third-order valence-electron chi connectivity index (χ3n) is 3.90. The molecular formula is C18H18F2N2O3. The van der Waals surface area contributed by atoms with Gasteiger partial charge in [0.1, 0.15) is 17.4 Å². The number of aromatic hydroxyl groups is 1. The average molecular weight is 348 g/mol. The molecule has 0 heterocycles. The van der Waals surface area contributed by atoms with E-state index in [0.29, 0.717) is 6.07 Å². The van der Waals surface area contributed by atoms with E-state index < -0.39 is 23.4 Å². The Bertz CT molecular complexity index is 796. The monoisotopic (exact) mass is 348 g/mol. The van der Waals surface area contributed by atoms with Crippen molar-refractivity contribution < 1.29 is 23.5 Å². The van der Waals surface area contributed by atoms with Gasteiger partial charge in [0.25, 0.3) is 5.91 Å². The van der Waals surface area contributed by atoms with Crippen molar-refractivity contribution in [2.75, 3.05) is 13.6 Å². The minimum absolute atomic E-state index is 0.0882. The van der Waals surface area contributed by atoms with E-state index in [1.54, 1.807) is 32.2 Å². The summed E-state index contributed by atoms with van der Waals surface area (Å²) >= 11 is 0. The first-order chi connectivity index (χ1) is 11.8. The van der Waals surface area contributed by atoms with Crippen LogP contribution in [0, 0.1) is 11.6 Å². The van der Waals surface area contributed by atoms with Gasteiger partial charge < -0.3 is 15.3 Å². The molecule has 132 valence electrons. The van der Waals surface area contributed by atoms with Crippen LogP contribution in [0.4, 0.5) is 8.78 Å². The molecule has 0 saturated carbocycles. The van der Waals surface area contributed by atoms with Gasteiger partial charge in [-0.25, -0.2) is 8.78 Å². The zero-order chi connectivity index (χ0) is 18.6. The number of phenols is 1. The van der Waals surface area contributed by atoms with Crippen molar-refractivity contribution in [3.8, 4) is 5.75 Å². The van der Waals surface area contributed by atoms with Crippen LogP contribution in [0.3, 0.4) is 0 Å². The Hall–Kier alpha value is -2.96. The van der Waals surface area contributed by atoms with E-state index in [-0.39, 0.29) is 23.9 Å². The first kappa shape index (κ1) is 18.4. The van der Waals surface area contributed by atoms with E-state index in [1.807, 2.05) is 0 Å². The van der Waals surface area contributed by atoms with E-state index in [1.165, 1.54) is 11.0 Å². The number of carbonyl (C=O) groups is 2. The average Bonchev–Trinajstić information content (AvgIpc) is 2.58. The summed E-state index contributed by atoms with van der Waals surface area (Å²) in [5.74, 6) is -2.89. The molecule has 0 bridgehead atoms. The van der Waals surface area contributed by atoms with Crippen molar-refractivity contribution in [1.29, 1.82) is 0 Å². The molecule has 2 rings (SSSR count). The van der Waals surface area contributed by atoms with Gasteiger partial charge in [0.2, 0.25) is 5.91 Å². The van der Waals surface area contributed by atoms with Crippen LogP contribution in [-0.4, -0.2) is 35.4 Å². The number of likely N-dealkylation sites (N-methyl/N-ethyl adjacent to an activating group) is 1. The number of benzene rings is 2. The second-order valence-corrected chi connectivity index (χ2v) is 5.58. The number of hydrogen-bond donors (Lipinski definition) is 2. The first-order valence-electron chi connectivity index (χ1n) is 7.57. The highest BCUT2D eigenvalue weighted by molar-refractivity contribution is 5.96. The van der Waals surface area contributed by atoms with Crippen molar-refractivity contribution >= 4 is 11.8 Å². The van der Waals surface area contributed by atoms with Crippen LogP contribution in [-0.2, 0) is 4.79 Å². The second-order valence-electron chi connectivity index (χ2n) is 5.58. The molecular weight excluding hydrogens is 330 g/mol. The summed E-state index contributed by atoms with van der Waals surface area (Å²) in [6.45, 7) is 1.43. The maximum absolute atomic E-state index is 13.6. The minimum atomic E-state index is -0.994. The summed E-state index contributed by atoms with van der Waals surface area (Å²) in [4.78, 5) is 25.5. The zero-order valence-corrected chi connectivity index (χ0v) is 13.8. The maximum atomic E-state index is 13.6. The van der Waals surface area contributed by atoms with Gasteiger partial charge in [-0.05, 0) is 36.8 Å². The molecule has 2 amide bonds. The van der Waals surface area contributed by atoms with Gasteiger partial charge in [-0.15, -0.1) is 0 Å². The number of halogens is 2. The summed E-state index contributed by atoms with van der Waals surface area (Å²) < 4.78 is 26.4. The quantitative estimate of drug-likeness (QED) is 0.873. The van der Waals surface area contributed by atoms with Crippen molar-refractivity contribution in [2.45, 2.75) is 13.0 Å². The molecule has 0 saturated heterocycles. The number of carbonyl (C=O) groups excluding carboxylic acids is 2. The summed E-state index contributed by atoms with van der Waals surface area (Å²) in [6, 6.07) is 8.75. The van der Waals surface area contributed by atoms with Gasteiger partial charge in [0.05, 0.1) is 18.2 Å². The number of rotatable bonds is 5. The predicted molar refractivity (Wildman–Crippen MR) is 88.0 cm³/mol. The van der Waals surface area contributed by atoms with E-state index in [9.17, 15) is 23.5 Å². The van der Waals surface area contributed by atoms with Crippen LogP contribution in [0.2, 0.25) is 0 Å². The van der Waals surface area contributed by atoms with E-state index >= 15 is 0 Å². The number of hydrogen-bond acceptors (Lipinski definition) is 3. The Labute approximate surface area is 143 Å². The smallest absolute Gasteiger partial charge is 0.254 e. The molecule has 0 spiro atoms. The standard InChI is InChI=1S/C18H18F2N2O3/c1-11(12-4-3-5-14(23)8-12)22(2)17(24)10-21-18(25)15-7-6-13(19)9-16(15)20/h3-9,11,23H,10H2,1-2H3,(H,21,25)/t11-/m0/s1. The molecule has 0 aliphatic rings. The molecule has 2 aromatic carbocycles. The SMILES string of the molecule is C[C@@H](c1cccc(O)c1)N(C)C(=O)CNC(=O)c1ccc(F)cc1F. The number of nitrogens with one attached hydrogen (secondary N) is 1. The van der Waals surface area contributed by atoms with Gasteiger partial charge in [0, 0.05) is 13.1 Å². The van der Waals surface area contributed by atoms with Crippen LogP contribution < -0.4 is 5.32 Å². The molecule has 0 aromatic heterocycles. The lowest BCUT2D eigenvalue weighted by Gasteiger charge is -2.25. The van der Waals surface area contributed by atoms with Gasteiger partial charge in [0.15, 0.2) is 0 Å². The third kappa shape index (κ3) is 4.53. The van der Waals surface area contributed by atoms with Crippen LogP contribution in [0.15, 0.2) is 42.5 Å². The van der Waals surface area contributed by atoms with Crippen molar-refractivity contribution in [3.05, 3.63) is 65.2 Å². The second kappa shape index (κ2) is 7.74. The van der Waals surface area contributed by atoms with Crippen LogP contribution in [0.1, 0.15) is 28.9 Å². The summed E-state index contributed by atoms with van der Waals surface area (Å²) in [5.41, 5.74) is 0.393. The number of amides is 2. The topological polar surface area (TPSA) is 69.6 Å². The lowest BCUT2D eigenvalue weighted by Crippen LogP contribution is -2.39. The van der Waals surface area contributed by atoms with Crippen molar-refractivity contribution in [3.63, 3.8) is 0 Å². The first-order valence-corrected chi connectivity index (χ1v) is 7.57. The van der Waals surface area contributed by atoms with E-state index in [0.717, 1.165) is 17.7 Å². The molecule has 25 heavy (non-hydrogen) atoms. The van der Waals surface area contributed by atoms with Gasteiger partial charge in [-0.3, -0.25) is 9.59 Å². The molecule has 0 aliphatic carbocycles. The third-order valence-corrected chi connectivity index (χ3v) is 3.90. The molecule has 5 nitrogen and oxygen atoms in total.